The van der Waals surface area contributed by atoms with Crippen molar-refractivity contribution in [2.24, 2.45) is 5.92 Å². The number of esters is 4. The Morgan fingerprint density at radius 3 is 0.763 bits per heavy atom. The predicted octanol–water partition coefficient (Wildman–Crippen LogP) is 21.7. The average Bonchev–Trinajstić information content (AvgIpc) is 2.57. The molecular formula is C74H144O17P2. The van der Waals surface area contributed by atoms with Crippen LogP contribution in [0, 0.1) is 5.92 Å². The molecule has 6 atom stereocenters. The Hall–Kier alpha value is -1.94. The molecule has 3 N–H and O–H groups in total. The lowest BCUT2D eigenvalue weighted by atomic mass is 9.99. The lowest BCUT2D eigenvalue weighted by Gasteiger charge is -2.21. The molecule has 93 heavy (non-hydrogen) atoms. The third-order valence-corrected chi connectivity index (χ3v) is 19.5. The van der Waals surface area contributed by atoms with Gasteiger partial charge in [0.2, 0.25) is 0 Å². The molecular weight excluding hydrogens is 1220 g/mol. The number of aliphatic hydroxyl groups is 1. The van der Waals surface area contributed by atoms with Gasteiger partial charge in [-0.15, -0.1) is 0 Å². The highest BCUT2D eigenvalue weighted by molar-refractivity contribution is 7.47. The highest BCUT2D eigenvalue weighted by atomic mass is 31.2. The van der Waals surface area contributed by atoms with E-state index in [9.17, 15) is 43.2 Å². The number of hydrogen-bond donors (Lipinski definition) is 3. The molecule has 0 aliphatic carbocycles. The van der Waals surface area contributed by atoms with Gasteiger partial charge in [0.1, 0.15) is 19.3 Å². The smallest absolute Gasteiger partial charge is 0.462 e. The first-order valence-corrected chi connectivity index (χ1v) is 41.7. The number of ether oxygens (including phenoxy) is 4. The van der Waals surface area contributed by atoms with Gasteiger partial charge in [0, 0.05) is 25.7 Å². The molecule has 0 radical (unpaired) electrons. The van der Waals surface area contributed by atoms with Gasteiger partial charge in [-0.1, -0.05) is 336 Å². The summed E-state index contributed by atoms with van der Waals surface area (Å²) in [7, 11) is -9.90. The molecule has 0 aliphatic heterocycles. The Morgan fingerprint density at radius 2 is 0.516 bits per heavy atom. The quantitative estimate of drug-likeness (QED) is 0.0222. The number of carbonyl (C=O) groups excluding carboxylic acids is 4. The van der Waals surface area contributed by atoms with Crippen LogP contribution in [-0.2, 0) is 65.4 Å². The van der Waals surface area contributed by atoms with E-state index in [0.717, 1.165) is 95.8 Å². The summed E-state index contributed by atoms with van der Waals surface area (Å²) in [6.07, 6.45) is 55.3. The molecule has 0 saturated carbocycles. The standard InChI is InChI=1S/C74H144O17P2/c1-6-10-13-16-19-22-25-26-27-31-34-39-43-48-53-58-72(77)85-64-70(91-74(79)60-55-50-45-40-35-32-29-28-30-33-36-41-46-51-56-67(5)9-4)66-89-93(82,83)87-62-68(75)61-86-92(80,81)88-65-69(90-73(78)59-54-49-44-38-24-21-18-15-12-8-3)63-84-71(76)57-52-47-42-37-23-20-17-14-11-7-2/h67-70,75H,6-66H2,1-5H3,(H,80,81)(H,82,83)/t67?,68-,69+,70+/m0/s1. The molecule has 0 heterocycles. The van der Waals surface area contributed by atoms with Gasteiger partial charge in [0.05, 0.1) is 26.4 Å². The van der Waals surface area contributed by atoms with Crippen molar-refractivity contribution in [1.29, 1.82) is 0 Å². The predicted molar refractivity (Wildman–Crippen MR) is 377 cm³/mol. The number of phosphoric acid groups is 2. The number of hydrogen-bond acceptors (Lipinski definition) is 15. The zero-order valence-corrected chi connectivity index (χ0v) is 62.2. The van der Waals surface area contributed by atoms with E-state index in [4.69, 9.17) is 37.0 Å². The van der Waals surface area contributed by atoms with Crippen LogP contribution in [0.4, 0.5) is 0 Å². The Kier molecular flexibility index (Phi) is 65.9. The zero-order chi connectivity index (χ0) is 68.4. The van der Waals surface area contributed by atoms with Crippen LogP contribution >= 0.6 is 15.6 Å². The maximum Gasteiger partial charge on any atom is 0.472 e. The van der Waals surface area contributed by atoms with Crippen LogP contribution in [-0.4, -0.2) is 96.7 Å². The first kappa shape index (κ1) is 91.1. The second-order valence-corrected chi connectivity index (χ2v) is 29.8. The second-order valence-electron chi connectivity index (χ2n) is 26.9. The van der Waals surface area contributed by atoms with Crippen molar-refractivity contribution in [3.8, 4) is 0 Å². The maximum atomic E-state index is 13.1. The van der Waals surface area contributed by atoms with E-state index in [1.165, 1.54) is 212 Å². The molecule has 0 amide bonds. The molecule has 0 aliphatic rings. The Bertz CT molecular complexity index is 1790. The van der Waals surface area contributed by atoms with E-state index in [2.05, 4.69) is 34.6 Å². The number of phosphoric ester groups is 2. The summed E-state index contributed by atoms with van der Waals surface area (Å²) in [5.74, 6) is -1.27. The van der Waals surface area contributed by atoms with Crippen LogP contribution in [0.15, 0.2) is 0 Å². The van der Waals surface area contributed by atoms with E-state index in [1.807, 2.05) is 0 Å². The van der Waals surface area contributed by atoms with Gasteiger partial charge < -0.3 is 33.8 Å². The van der Waals surface area contributed by atoms with E-state index >= 15 is 0 Å². The Balaban J connectivity index is 5.22. The highest BCUT2D eigenvalue weighted by Crippen LogP contribution is 2.45. The number of unbranched alkanes of at least 4 members (excludes halogenated alkanes) is 45. The molecule has 0 bridgehead atoms. The van der Waals surface area contributed by atoms with Gasteiger partial charge in [-0.25, -0.2) is 9.13 Å². The van der Waals surface area contributed by atoms with Gasteiger partial charge in [-0.2, -0.15) is 0 Å². The van der Waals surface area contributed by atoms with Gasteiger partial charge in [-0.3, -0.25) is 37.3 Å². The minimum atomic E-state index is -4.95. The van der Waals surface area contributed by atoms with Crippen molar-refractivity contribution in [2.75, 3.05) is 39.6 Å². The minimum Gasteiger partial charge on any atom is -0.462 e. The van der Waals surface area contributed by atoms with Crippen molar-refractivity contribution >= 4 is 39.5 Å². The van der Waals surface area contributed by atoms with Crippen LogP contribution in [0.25, 0.3) is 0 Å². The van der Waals surface area contributed by atoms with E-state index < -0.39 is 97.5 Å². The minimum absolute atomic E-state index is 0.107. The molecule has 0 spiro atoms. The van der Waals surface area contributed by atoms with Crippen LogP contribution in [0.3, 0.4) is 0 Å². The summed E-state index contributed by atoms with van der Waals surface area (Å²) in [6.45, 7) is 7.32. The molecule has 0 fully saturated rings. The molecule has 0 rings (SSSR count). The zero-order valence-electron chi connectivity index (χ0n) is 60.4. The van der Waals surface area contributed by atoms with Crippen molar-refractivity contribution in [2.45, 2.75) is 406 Å². The number of aliphatic hydroxyl groups excluding tert-OH is 1. The largest absolute Gasteiger partial charge is 0.472 e. The summed E-state index contributed by atoms with van der Waals surface area (Å²) in [4.78, 5) is 72.7. The normalized spacial score (nSPS) is 14.3. The summed E-state index contributed by atoms with van der Waals surface area (Å²) in [6, 6.07) is 0. The van der Waals surface area contributed by atoms with Crippen molar-refractivity contribution in [3.63, 3.8) is 0 Å². The first-order valence-electron chi connectivity index (χ1n) is 38.7. The number of carbonyl (C=O) groups is 4. The average molecular weight is 1370 g/mol. The summed E-state index contributed by atoms with van der Waals surface area (Å²) in [5.41, 5.74) is 0. The summed E-state index contributed by atoms with van der Waals surface area (Å²) < 4.78 is 68.4. The fraction of sp³-hybridized carbons (Fsp3) is 0.946. The Morgan fingerprint density at radius 1 is 0.301 bits per heavy atom. The van der Waals surface area contributed by atoms with Crippen molar-refractivity contribution < 1.29 is 80.2 Å². The second kappa shape index (κ2) is 67.3. The fourth-order valence-electron chi connectivity index (χ4n) is 11.3. The topological polar surface area (TPSA) is 237 Å². The molecule has 552 valence electrons. The molecule has 19 heteroatoms. The first-order chi connectivity index (χ1) is 45.1. The SMILES string of the molecule is CCCCCCCCCCCCCCCCCC(=O)OC[C@H](COP(=O)(O)OC[C@@H](O)COP(=O)(O)OC[C@@H](COC(=O)CCCCCCCCCCCC)OC(=O)CCCCCCCCCCCC)OC(=O)CCCCCCCCCCCCCCCCC(C)CC. The fourth-order valence-corrected chi connectivity index (χ4v) is 12.9. The van der Waals surface area contributed by atoms with Gasteiger partial charge in [0.25, 0.3) is 0 Å². The summed E-state index contributed by atoms with van der Waals surface area (Å²) >= 11 is 0. The van der Waals surface area contributed by atoms with Crippen LogP contribution in [0.1, 0.15) is 388 Å². The molecule has 0 aromatic carbocycles. The molecule has 3 unspecified atom stereocenters. The monoisotopic (exact) mass is 1370 g/mol. The third kappa shape index (κ3) is 67.0. The van der Waals surface area contributed by atoms with E-state index in [-0.39, 0.29) is 25.7 Å². The summed E-state index contributed by atoms with van der Waals surface area (Å²) in [5, 5.41) is 10.6. The Labute approximate surface area is 568 Å². The molecule has 0 aromatic rings. The van der Waals surface area contributed by atoms with E-state index in [1.54, 1.807) is 0 Å². The maximum absolute atomic E-state index is 13.1. The van der Waals surface area contributed by atoms with E-state index in [0.29, 0.717) is 25.7 Å². The molecule has 17 nitrogen and oxygen atoms in total. The van der Waals surface area contributed by atoms with Crippen LogP contribution < -0.4 is 0 Å². The van der Waals surface area contributed by atoms with Gasteiger partial charge >= 0.3 is 39.5 Å². The van der Waals surface area contributed by atoms with Crippen molar-refractivity contribution in [1.82, 2.24) is 0 Å². The lowest BCUT2D eigenvalue weighted by Crippen LogP contribution is -2.30. The van der Waals surface area contributed by atoms with Crippen LogP contribution in [0.2, 0.25) is 0 Å². The van der Waals surface area contributed by atoms with Crippen molar-refractivity contribution in [3.05, 3.63) is 0 Å². The molecule has 0 saturated heterocycles. The van der Waals surface area contributed by atoms with Gasteiger partial charge in [0.15, 0.2) is 12.2 Å². The lowest BCUT2D eigenvalue weighted by molar-refractivity contribution is -0.161. The molecule has 0 aromatic heterocycles. The van der Waals surface area contributed by atoms with Gasteiger partial charge in [-0.05, 0) is 31.6 Å². The number of rotatable bonds is 74. The van der Waals surface area contributed by atoms with Crippen LogP contribution in [0.5, 0.6) is 0 Å². The third-order valence-electron chi connectivity index (χ3n) is 17.6. The highest BCUT2D eigenvalue weighted by Gasteiger charge is 2.30.